The lowest BCUT2D eigenvalue weighted by atomic mass is 10.00. The van der Waals surface area contributed by atoms with E-state index in [0.29, 0.717) is 4.83 Å². The summed E-state index contributed by atoms with van der Waals surface area (Å²) in [5, 5.41) is 0. The minimum atomic E-state index is -0.0567. The van der Waals surface area contributed by atoms with Crippen LogP contribution in [0, 0.1) is 5.92 Å². The Morgan fingerprint density at radius 1 is 1.30 bits per heavy atom. The minimum Gasteiger partial charge on any atom is -0.212 e. The highest BCUT2D eigenvalue weighted by Gasteiger charge is 2.12. The Kier molecular flexibility index (Phi) is 4.18. The van der Waals surface area contributed by atoms with Gasteiger partial charge in [0.05, 0.1) is 5.83 Å². The largest absolute Gasteiger partial charge is 0.212 e. The van der Waals surface area contributed by atoms with E-state index in [2.05, 4.69) is 15.9 Å². The van der Waals surface area contributed by atoms with Crippen LogP contribution in [0.5, 0.6) is 0 Å². The molecule has 10 heavy (non-hydrogen) atoms. The quantitative estimate of drug-likeness (QED) is 0.608. The molecule has 0 aromatic rings. The fraction of sp³-hybridized carbons (Fsp3) is 0.750. The van der Waals surface area contributed by atoms with Crippen molar-refractivity contribution in [3.05, 3.63) is 11.4 Å². The average molecular weight is 209 g/mol. The normalized spacial score (nSPS) is 19.8. The van der Waals surface area contributed by atoms with Crippen LogP contribution in [0.4, 0.5) is 4.39 Å². The molecule has 0 aromatic heterocycles. The zero-order chi connectivity index (χ0) is 8.31. The highest BCUT2D eigenvalue weighted by molar-refractivity contribution is 9.09. The van der Waals surface area contributed by atoms with Crippen LogP contribution < -0.4 is 0 Å². The average Bonchev–Trinajstić information content (AvgIpc) is 1.84. The van der Waals surface area contributed by atoms with E-state index in [4.69, 9.17) is 0 Å². The molecule has 0 unspecified atom stereocenters. The monoisotopic (exact) mass is 208 g/mol. The standard InChI is InChI=1S/C8H14BrF/c1-5(7(3)9)6(2)8(4)10/h5,7H,1-4H3/t5-,7-/m0/s1. The van der Waals surface area contributed by atoms with Crippen molar-refractivity contribution < 1.29 is 4.39 Å². The van der Waals surface area contributed by atoms with Crippen LogP contribution in [0.1, 0.15) is 27.7 Å². The smallest absolute Gasteiger partial charge is 0.0961 e. The van der Waals surface area contributed by atoms with Crippen molar-refractivity contribution >= 4 is 15.9 Å². The molecule has 0 bridgehead atoms. The van der Waals surface area contributed by atoms with Crippen LogP contribution in [0.25, 0.3) is 0 Å². The van der Waals surface area contributed by atoms with E-state index in [1.54, 1.807) is 0 Å². The topological polar surface area (TPSA) is 0 Å². The van der Waals surface area contributed by atoms with Gasteiger partial charge in [0.1, 0.15) is 0 Å². The summed E-state index contributed by atoms with van der Waals surface area (Å²) in [6.45, 7) is 7.37. The van der Waals surface area contributed by atoms with Gasteiger partial charge in [0.2, 0.25) is 0 Å². The van der Waals surface area contributed by atoms with Gasteiger partial charge in [-0.2, -0.15) is 0 Å². The maximum atomic E-state index is 12.6. The zero-order valence-corrected chi connectivity index (χ0v) is 8.50. The summed E-state index contributed by atoms with van der Waals surface area (Å²) < 4.78 is 12.6. The molecule has 0 spiro atoms. The molecule has 2 atom stereocenters. The van der Waals surface area contributed by atoms with Gasteiger partial charge in [0.15, 0.2) is 0 Å². The fourth-order valence-corrected chi connectivity index (χ4v) is 1.05. The minimum absolute atomic E-state index is 0.0567. The zero-order valence-electron chi connectivity index (χ0n) is 6.91. The Morgan fingerprint density at radius 2 is 1.70 bits per heavy atom. The van der Waals surface area contributed by atoms with E-state index in [0.717, 1.165) is 5.57 Å². The van der Waals surface area contributed by atoms with Crippen molar-refractivity contribution in [2.24, 2.45) is 5.92 Å². The molecule has 0 aliphatic heterocycles. The molecule has 0 saturated heterocycles. The molecule has 60 valence electrons. The number of hydrogen-bond donors (Lipinski definition) is 0. The van der Waals surface area contributed by atoms with Gasteiger partial charge in [-0.15, -0.1) is 0 Å². The van der Waals surface area contributed by atoms with Gasteiger partial charge in [-0.1, -0.05) is 29.8 Å². The van der Waals surface area contributed by atoms with E-state index in [1.165, 1.54) is 6.92 Å². The Morgan fingerprint density at radius 3 is 1.80 bits per heavy atom. The van der Waals surface area contributed by atoms with Gasteiger partial charge in [-0.3, -0.25) is 0 Å². The summed E-state index contributed by atoms with van der Waals surface area (Å²) >= 11 is 3.41. The first-order chi connectivity index (χ1) is 4.46. The fourth-order valence-electron chi connectivity index (χ4n) is 0.658. The number of alkyl halides is 1. The molecule has 0 N–H and O–H groups in total. The van der Waals surface area contributed by atoms with E-state index in [9.17, 15) is 4.39 Å². The molecular weight excluding hydrogens is 195 g/mol. The molecule has 0 saturated carbocycles. The molecule has 0 heterocycles. The molecule has 0 radical (unpaired) electrons. The third kappa shape index (κ3) is 2.82. The molecule has 0 aliphatic rings. The third-order valence-electron chi connectivity index (χ3n) is 1.92. The molecule has 2 heteroatoms. The highest BCUT2D eigenvalue weighted by atomic mass is 79.9. The second-order valence-corrected chi connectivity index (χ2v) is 4.13. The number of allylic oxidation sites excluding steroid dienone is 2. The predicted octanol–water partition coefficient (Wildman–Crippen LogP) is 3.67. The molecule has 0 fully saturated rings. The van der Waals surface area contributed by atoms with Gasteiger partial charge in [-0.25, -0.2) is 4.39 Å². The van der Waals surface area contributed by atoms with Crippen LogP contribution in [-0.2, 0) is 0 Å². The Balaban J connectivity index is 4.22. The summed E-state index contributed by atoms with van der Waals surface area (Å²) in [7, 11) is 0. The summed E-state index contributed by atoms with van der Waals surface area (Å²) in [6.07, 6.45) is 0. The molecule has 0 aliphatic carbocycles. The summed E-state index contributed by atoms with van der Waals surface area (Å²) in [4.78, 5) is 0.346. The van der Waals surface area contributed by atoms with Gasteiger partial charge in [0, 0.05) is 4.83 Å². The molecule has 0 rings (SSSR count). The first-order valence-corrected chi connectivity index (χ1v) is 4.35. The lowest BCUT2D eigenvalue weighted by Gasteiger charge is -2.14. The van der Waals surface area contributed by atoms with Crippen molar-refractivity contribution in [2.75, 3.05) is 0 Å². The SMILES string of the molecule is CC(F)=C(C)[C@H](C)[C@H](C)Br. The predicted molar refractivity (Wildman–Crippen MR) is 47.0 cm³/mol. The van der Waals surface area contributed by atoms with Gasteiger partial charge in [-0.05, 0) is 25.3 Å². The van der Waals surface area contributed by atoms with Gasteiger partial charge < -0.3 is 0 Å². The molecule has 0 amide bonds. The Bertz CT molecular complexity index is 134. The Labute approximate surface area is 70.6 Å². The number of halogens is 2. The van der Waals surface area contributed by atoms with Crippen LogP contribution in [-0.4, -0.2) is 4.83 Å². The van der Waals surface area contributed by atoms with Gasteiger partial charge in [0.25, 0.3) is 0 Å². The lowest BCUT2D eigenvalue weighted by Crippen LogP contribution is -2.08. The van der Waals surface area contributed by atoms with Crippen LogP contribution in [0.15, 0.2) is 11.4 Å². The number of hydrogen-bond acceptors (Lipinski definition) is 0. The molecule has 0 aromatic carbocycles. The summed E-state index contributed by atoms with van der Waals surface area (Å²) in [6, 6.07) is 0. The van der Waals surface area contributed by atoms with Crippen LogP contribution in [0.2, 0.25) is 0 Å². The van der Waals surface area contributed by atoms with E-state index in [-0.39, 0.29) is 11.7 Å². The Hall–Kier alpha value is 0.150. The van der Waals surface area contributed by atoms with Crippen molar-refractivity contribution in [3.8, 4) is 0 Å². The van der Waals surface area contributed by atoms with Crippen molar-refractivity contribution in [3.63, 3.8) is 0 Å². The summed E-state index contributed by atoms with van der Waals surface area (Å²) in [5.74, 6) is 0.226. The van der Waals surface area contributed by atoms with E-state index in [1.807, 2.05) is 20.8 Å². The van der Waals surface area contributed by atoms with E-state index >= 15 is 0 Å². The third-order valence-corrected chi connectivity index (χ3v) is 2.71. The van der Waals surface area contributed by atoms with Crippen molar-refractivity contribution in [1.82, 2.24) is 0 Å². The van der Waals surface area contributed by atoms with Crippen LogP contribution >= 0.6 is 15.9 Å². The highest BCUT2D eigenvalue weighted by Crippen LogP contribution is 2.22. The maximum absolute atomic E-state index is 12.6. The molecule has 0 nitrogen and oxygen atoms in total. The summed E-state index contributed by atoms with van der Waals surface area (Å²) in [5.41, 5.74) is 0.837. The molecular formula is C8H14BrF. The first kappa shape index (κ1) is 10.2. The lowest BCUT2D eigenvalue weighted by molar-refractivity contribution is 0.578. The van der Waals surface area contributed by atoms with Gasteiger partial charge >= 0.3 is 0 Å². The number of rotatable bonds is 2. The first-order valence-electron chi connectivity index (χ1n) is 3.43. The van der Waals surface area contributed by atoms with Crippen molar-refractivity contribution in [1.29, 1.82) is 0 Å². The van der Waals surface area contributed by atoms with Crippen LogP contribution in [0.3, 0.4) is 0 Å². The van der Waals surface area contributed by atoms with E-state index < -0.39 is 0 Å². The van der Waals surface area contributed by atoms with Crippen molar-refractivity contribution in [2.45, 2.75) is 32.5 Å². The second-order valence-electron chi connectivity index (χ2n) is 2.68. The second kappa shape index (κ2) is 4.12. The maximum Gasteiger partial charge on any atom is 0.0961 e.